The Morgan fingerprint density at radius 3 is 2.37 bits per heavy atom. The van der Waals surface area contributed by atoms with Crippen LogP contribution >= 0.6 is 0 Å². The third-order valence-corrected chi connectivity index (χ3v) is 3.69. The van der Waals surface area contributed by atoms with E-state index in [-0.39, 0.29) is 23.1 Å². The number of hydrogen-bond donors (Lipinski definition) is 3. The Hall–Kier alpha value is -1.93. The molecule has 1 atom stereocenters. The number of sulfonamides is 1. The first-order valence-corrected chi connectivity index (χ1v) is 7.14. The second-order valence-electron chi connectivity index (χ2n) is 4.22. The Balaban J connectivity index is 2.08. The van der Waals surface area contributed by atoms with E-state index in [0.29, 0.717) is 12.1 Å². The van der Waals surface area contributed by atoms with Crippen LogP contribution in [-0.4, -0.2) is 26.3 Å². The van der Waals surface area contributed by atoms with Gasteiger partial charge in [-0.25, -0.2) is 13.6 Å². The maximum Gasteiger partial charge on any atom is 0.249 e. The molecule has 1 unspecified atom stereocenters. The highest BCUT2D eigenvalue weighted by Crippen LogP contribution is 2.16. The molecule has 1 heterocycles. The molecule has 1 saturated heterocycles. The van der Waals surface area contributed by atoms with Gasteiger partial charge in [0.25, 0.3) is 0 Å². The van der Waals surface area contributed by atoms with E-state index >= 15 is 0 Å². The lowest BCUT2D eigenvalue weighted by molar-refractivity contribution is -0.133. The van der Waals surface area contributed by atoms with Gasteiger partial charge in [0.15, 0.2) is 0 Å². The Morgan fingerprint density at radius 2 is 1.84 bits per heavy atom. The lowest BCUT2D eigenvalue weighted by atomic mass is 10.1. The van der Waals surface area contributed by atoms with E-state index in [1.165, 1.54) is 24.3 Å². The molecule has 1 fully saturated rings. The van der Waals surface area contributed by atoms with E-state index in [4.69, 9.17) is 5.14 Å². The van der Waals surface area contributed by atoms with Crippen molar-refractivity contribution in [2.24, 2.45) is 5.14 Å². The van der Waals surface area contributed by atoms with E-state index in [0.717, 1.165) is 0 Å². The average Bonchev–Trinajstić information content (AvgIpc) is 2.32. The molecular weight excluding hydrogens is 270 g/mol. The maximum atomic E-state index is 11.5. The SMILES string of the molecule is NS(=O)(=O)c1ccc(NC2CCC(=O)NC2=O)cc1. The number of benzene rings is 1. The first-order chi connectivity index (χ1) is 8.86. The van der Waals surface area contributed by atoms with Crippen LogP contribution in [-0.2, 0) is 19.6 Å². The summed E-state index contributed by atoms with van der Waals surface area (Å²) < 4.78 is 22.2. The summed E-state index contributed by atoms with van der Waals surface area (Å²) in [5.41, 5.74) is 0.585. The molecule has 1 aliphatic rings. The van der Waals surface area contributed by atoms with Crippen molar-refractivity contribution in [3.63, 3.8) is 0 Å². The molecule has 0 radical (unpaired) electrons. The molecule has 19 heavy (non-hydrogen) atoms. The summed E-state index contributed by atoms with van der Waals surface area (Å²) in [6.45, 7) is 0. The number of carbonyl (C=O) groups excluding carboxylic acids is 2. The Bertz CT molecular complexity index is 609. The van der Waals surface area contributed by atoms with E-state index in [9.17, 15) is 18.0 Å². The summed E-state index contributed by atoms with van der Waals surface area (Å²) in [5.74, 6) is -0.667. The van der Waals surface area contributed by atoms with Gasteiger partial charge in [0, 0.05) is 12.1 Å². The molecule has 2 rings (SSSR count). The van der Waals surface area contributed by atoms with Crippen LogP contribution in [0, 0.1) is 0 Å². The number of anilines is 1. The maximum absolute atomic E-state index is 11.5. The minimum Gasteiger partial charge on any atom is -0.374 e. The van der Waals surface area contributed by atoms with Crippen molar-refractivity contribution in [1.29, 1.82) is 0 Å². The summed E-state index contributed by atoms with van der Waals surface area (Å²) >= 11 is 0. The van der Waals surface area contributed by atoms with E-state index in [1.54, 1.807) is 0 Å². The topological polar surface area (TPSA) is 118 Å². The highest BCUT2D eigenvalue weighted by atomic mass is 32.2. The summed E-state index contributed by atoms with van der Waals surface area (Å²) in [6, 6.07) is 5.23. The van der Waals surface area contributed by atoms with Gasteiger partial charge in [0.1, 0.15) is 6.04 Å². The predicted molar refractivity (Wildman–Crippen MR) is 67.6 cm³/mol. The number of hydrogen-bond acceptors (Lipinski definition) is 5. The third kappa shape index (κ3) is 3.30. The molecule has 8 heteroatoms. The fraction of sp³-hybridized carbons (Fsp3) is 0.273. The lowest BCUT2D eigenvalue weighted by Gasteiger charge is -2.22. The van der Waals surface area contributed by atoms with Crippen molar-refractivity contribution in [3.05, 3.63) is 24.3 Å². The van der Waals surface area contributed by atoms with Crippen molar-refractivity contribution in [3.8, 4) is 0 Å². The van der Waals surface area contributed by atoms with Gasteiger partial charge in [0.05, 0.1) is 4.90 Å². The molecule has 1 aromatic carbocycles. The van der Waals surface area contributed by atoms with Gasteiger partial charge in [-0.2, -0.15) is 0 Å². The first kappa shape index (κ1) is 13.5. The molecule has 2 amide bonds. The van der Waals surface area contributed by atoms with Crippen LogP contribution in [0.4, 0.5) is 5.69 Å². The molecule has 1 aliphatic heterocycles. The highest BCUT2D eigenvalue weighted by molar-refractivity contribution is 7.89. The number of piperidine rings is 1. The third-order valence-electron chi connectivity index (χ3n) is 2.76. The van der Waals surface area contributed by atoms with E-state index in [2.05, 4.69) is 10.6 Å². The Labute approximate surface area is 110 Å². The molecule has 4 N–H and O–H groups in total. The molecule has 0 aliphatic carbocycles. The van der Waals surface area contributed by atoms with Crippen molar-refractivity contribution in [1.82, 2.24) is 5.32 Å². The molecule has 0 aromatic heterocycles. The van der Waals surface area contributed by atoms with Crippen LogP contribution in [0.25, 0.3) is 0 Å². The van der Waals surface area contributed by atoms with Crippen LogP contribution in [0.15, 0.2) is 29.2 Å². The number of primary sulfonamides is 1. The van der Waals surface area contributed by atoms with E-state index in [1.807, 2.05) is 0 Å². The zero-order chi connectivity index (χ0) is 14.0. The van der Waals surface area contributed by atoms with Crippen molar-refractivity contribution < 1.29 is 18.0 Å². The second-order valence-corrected chi connectivity index (χ2v) is 5.78. The summed E-state index contributed by atoms with van der Waals surface area (Å²) in [5, 5.41) is 10.1. The molecule has 102 valence electrons. The second kappa shape index (κ2) is 4.98. The molecule has 0 spiro atoms. The number of carbonyl (C=O) groups is 2. The molecule has 0 saturated carbocycles. The van der Waals surface area contributed by atoms with E-state index < -0.39 is 16.1 Å². The lowest BCUT2D eigenvalue weighted by Crippen LogP contribution is -2.47. The van der Waals surface area contributed by atoms with Crippen molar-refractivity contribution in [2.75, 3.05) is 5.32 Å². The number of nitrogens with two attached hydrogens (primary N) is 1. The minimum absolute atomic E-state index is 0.00123. The summed E-state index contributed by atoms with van der Waals surface area (Å²) in [7, 11) is -3.72. The van der Waals surface area contributed by atoms with Crippen LogP contribution < -0.4 is 15.8 Å². The monoisotopic (exact) mass is 283 g/mol. The number of amides is 2. The van der Waals surface area contributed by atoms with Gasteiger partial charge in [-0.05, 0) is 30.7 Å². The largest absolute Gasteiger partial charge is 0.374 e. The minimum atomic E-state index is -3.72. The normalized spacial score (nSPS) is 19.9. The zero-order valence-corrected chi connectivity index (χ0v) is 10.7. The molecule has 1 aromatic rings. The van der Waals surface area contributed by atoms with Crippen molar-refractivity contribution >= 4 is 27.5 Å². The first-order valence-electron chi connectivity index (χ1n) is 5.59. The van der Waals surface area contributed by atoms with Crippen LogP contribution in [0.5, 0.6) is 0 Å². The van der Waals surface area contributed by atoms with Gasteiger partial charge in [0.2, 0.25) is 21.8 Å². The van der Waals surface area contributed by atoms with Gasteiger partial charge in [-0.15, -0.1) is 0 Å². The average molecular weight is 283 g/mol. The Kier molecular flexibility index (Phi) is 3.54. The number of rotatable bonds is 3. The molecule has 0 bridgehead atoms. The Morgan fingerprint density at radius 1 is 1.21 bits per heavy atom. The van der Waals surface area contributed by atoms with Crippen molar-refractivity contribution in [2.45, 2.75) is 23.8 Å². The van der Waals surface area contributed by atoms with Gasteiger partial charge >= 0.3 is 0 Å². The molecule has 7 nitrogen and oxygen atoms in total. The smallest absolute Gasteiger partial charge is 0.249 e. The highest BCUT2D eigenvalue weighted by Gasteiger charge is 2.26. The van der Waals surface area contributed by atoms with Crippen LogP contribution in [0.1, 0.15) is 12.8 Å². The zero-order valence-electron chi connectivity index (χ0n) is 9.92. The standard InChI is InChI=1S/C11H13N3O4S/c12-19(17,18)8-3-1-7(2-4-8)13-9-5-6-10(15)14-11(9)16/h1-4,9,13H,5-6H2,(H2,12,17,18)(H,14,15,16). The van der Waals surface area contributed by atoms with Crippen LogP contribution in [0.3, 0.4) is 0 Å². The fourth-order valence-electron chi connectivity index (χ4n) is 1.77. The molecular formula is C11H13N3O4S. The van der Waals surface area contributed by atoms with Gasteiger partial charge < -0.3 is 5.32 Å². The number of nitrogens with one attached hydrogen (secondary N) is 2. The number of imide groups is 1. The fourth-order valence-corrected chi connectivity index (χ4v) is 2.29. The summed E-state index contributed by atoms with van der Waals surface area (Å²) in [4.78, 5) is 22.5. The van der Waals surface area contributed by atoms with Gasteiger partial charge in [-0.3, -0.25) is 14.9 Å². The van der Waals surface area contributed by atoms with Crippen LogP contribution in [0.2, 0.25) is 0 Å². The summed E-state index contributed by atoms with van der Waals surface area (Å²) in [6.07, 6.45) is 0.681. The predicted octanol–water partition coefficient (Wildman–Crippen LogP) is -0.449. The van der Waals surface area contributed by atoms with Gasteiger partial charge in [-0.1, -0.05) is 0 Å². The quantitative estimate of drug-likeness (QED) is 0.649.